The van der Waals surface area contributed by atoms with Crippen LogP contribution in [0.25, 0.3) is 0 Å². The molecular weight excluding hydrogens is 297 g/mol. The van der Waals surface area contributed by atoms with Crippen LogP contribution in [0, 0.1) is 11.7 Å². The van der Waals surface area contributed by atoms with E-state index >= 15 is 0 Å². The smallest absolute Gasteiger partial charge is 0.243 e. The van der Waals surface area contributed by atoms with Crippen LogP contribution in [-0.4, -0.2) is 44.6 Å². The molecule has 0 aromatic heterocycles. The van der Waals surface area contributed by atoms with Crippen molar-refractivity contribution in [2.24, 2.45) is 5.92 Å². The number of hydrogen-bond donors (Lipinski definition) is 1. The van der Waals surface area contributed by atoms with E-state index < -0.39 is 15.8 Å². The van der Waals surface area contributed by atoms with Gasteiger partial charge >= 0.3 is 0 Å². The summed E-state index contributed by atoms with van der Waals surface area (Å²) in [5.41, 5.74) is 0. The van der Waals surface area contributed by atoms with Gasteiger partial charge in [0, 0.05) is 19.7 Å². The number of aliphatic hydroxyl groups is 1. The van der Waals surface area contributed by atoms with Gasteiger partial charge in [0.05, 0.1) is 12.0 Å². The van der Waals surface area contributed by atoms with Crippen LogP contribution < -0.4 is 4.74 Å². The molecule has 1 aliphatic rings. The fraction of sp³-hybridized carbons (Fsp3) is 0.571. The van der Waals surface area contributed by atoms with Crippen molar-refractivity contribution in [3.05, 3.63) is 24.0 Å². The fourth-order valence-corrected chi connectivity index (χ4v) is 4.19. The molecule has 1 heterocycles. The molecule has 118 valence electrons. The molecule has 0 amide bonds. The van der Waals surface area contributed by atoms with Crippen LogP contribution in [0.3, 0.4) is 0 Å². The summed E-state index contributed by atoms with van der Waals surface area (Å²) in [5.74, 6) is -0.519. The second-order valence-corrected chi connectivity index (χ2v) is 7.12. The number of sulfonamides is 1. The molecule has 0 radical (unpaired) electrons. The summed E-state index contributed by atoms with van der Waals surface area (Å²) in [4.78, 5) is -0.0644. The van der Waals surface area contributed by atoms with E-state index in [2.05, 4.69) is 0 Å². The van der Waals surface area contributed by atoms with Crippen molar-refractivity contribution in [1.29, 1.82) is 0 Å². The molecule has 1 saturated heterocycles. The summed E-state index contributed by atoms with van der Waals surface area (Å²) < 4.78 is 45.0. The van der Waals surface area contributed by atoms with Crippen molar-refractivity contribution in [2.75, 3.05) is 26.8 Å². The topological polar surface area (TPSA) is 66.8 Å². The maximum absolute atomic E-state index is 13.7. The zero-order chi connectivity index (χ0) is 15.5. The molecule has 1 atom stereocenters. The monoisotopic (exact) mass is 317 g/mol. The van der Waals surface area contributed by atoms with E-state index in [4.69, 9.17) is 9.84 Å². The van der Waals surface area contributed by atoms with E-state index in [-0.39, 0.29) is 23.2 Å². The van der Waals surface area contributed by atoms with E-state index in [0.29, 0.717) is 19.5 Å². The van der Waals surface area contributed by atoms with Crippen LogP contribution in [0.1, 0.15) is 19.3 Å². The molecule has 0 saturated carbocycles. The highest BCUT2D eigenvalue weighted by Gasteiger charge is 2.30. The lowest BCUT2D eigenvalue weighted by molar-refractivity contribution is 0.203. The number of piperidine rings is 1. The van der Waals surface area contributed by atoms with Crippen molar-refractivity contribution >= 4 is 10.0 Å². The van der Waals surface area contributed by atoms with E-state index in [1.807, 2.05) is 0 Å². The number of benzene rings is 1. The molecule has 1 aromatic rings. The lowest BCUT2D eigenvalue weighted by Crippen LogP contribution is -2.40. The minimum Gasteiger partial charge on any atom is -0.494 e. The zero-order valence-electron chi connectivity index (χ0n) is 12.0. The van der Waals surface area contributed by atoms with Gasteiger partial charge in [-0.1, -0.05) is 0 Å². The van der Waals surface area contributed by atoms with Crippen molar-refractivity contribution in [1.82, 2.24) is 4.31 Å². The predicted molar refractivity (Wildman–Crippen MR) is 76.1 cm³/mol. The number of halogens is 1. The SMILES string of the molecule is COc1ccc(S(=O)(=O)N2CCCC(CCO)C2)cc1F. The standard InChI is InChI=1S/C14H20FNO4S/c1-20-14-5-4-12(9-13(14)15)21(18,19)16-7-2-3-11(10-16)6-8-17/h4-5,9,11,17H,2-3,6-8,10H2,1H3. The van der Waals surface area contributed by atoms with Crippen molar-refractivity contribution in [3.8, 4) is 5.75 Å². The van der Waals surface area contributed by atoms with Gasteiger partial charge in [0.15, 0.2) is 11.6 Å². The maximum atomic E-state index is 13.7. The summed E-state index contributed by atoms with van der Waals surface area (Å²) >= 11 is 0. The summed E-state index contributed by atoms with van der Waals surface area (Å²) in [6.45, 7) is 0.851. The normalized spacial score (nSPS) is 20.4. The first kappa shape index (κ1) is 16.2. The number of hydrogen-bond acceptors (Lipinski definition) is 4. The Balaban J connectivity index is 2.23. The Labute approximate surface area is 124 Å². The molecule has 2 rings (SSSR count). The number of aliphatic hydroxyl groups excluding tert-OH is 1. The lowest BCUT2D eigenvalue weighted by Gasteiger charge is -2.31. The molecule has 1 unspecified atom stereocenters. The first-order valence-corrected chi connectivity index (χ1v) is 8.37. The van der Waals surface area contributed by atoms with E-state index in [1.165, 1.54) is 23.5 Å². The molecule has 1 aromatic carbocycles. The van der Waals surface area contributed by atoms with Gasteiger partial charge in [-0.15, -0.1) is 0 Å². The van der Waals surface area contributed by atoms with Crippen LogP contribution >= 0.6 is 0 Å². The van der Waals surface area contributed by atoms with E-state index in [1.54, 1.807) is 0 Å². The van der Waals surface area contributed by atoms with Gasteiger partial charge < -0.3 is 9.84 Å². The van der Waals surface area contributed by atoms with Crippen LogP contribution in [0.15, 0.2) is 23.1 Å². The molecule has 1 N–H and O–H groups in total. The van der Waals surface area contributed by atoms with Crippen molar-refractivity contribution < 1.29 is 22.7 Å². The van der Waals surface area contributed by atoms with Crippen LogP contribution in [0.2, 0.25) is 0 Å². The molecule has 0 spiro atoms. The maximum Gasteiger partial charge on any atom is 0.243 e. The Morgan fingerprint density at radius 1 is 1.48 bits per heavy atom. The third-order valence-electron chi connectivity index (χ3n) is 3.78. The van der Waals surface area contributed by atoms with E-state index in [9.17, 15) is 12.8 Å². The average molecular weight is 317 g/mol. The van der Waals surface area contributed by atoms with Gasteiger partial charge in [0.2, 0.25) is 10.0 Å². The molecule has 0 bridgehead atoms. The lowest BCUT2D eigenvalue weighted by atomic mass is 9.97. The molecule has 0 aliphatic carbocycles. The minimum absolute atomic E-state index is 0.0192. The number of rotatable bonds is 5. The van der Waals surface area contributed by atoms with Gasteiger partial charge in [0.25, 0.3) is 0 Å². The fourth-order valence-electron chi connectivity index (χ4n) is 2.62. The summed E-state index contributed by atoms with van der Waals surface area (Å²) in [6.07, 6.45) is 2.25. The molecule has 21 heavy (non-hydrogen) atoms. The third kappa shape index (κ3) is 3.53. The Morgan fingerprint density at radius 3 is 2.86 bits per heavy atom. The third-order valence-corrected chi connectivity index (χ3v) is 5.64. The summed E-state index contributed by atoms with van der Waals surface area (Å²) in [5, 5.41) is 8.99. The molecule has 1 fully saturated rings. The number of methoxy groups -OCH3 is 1. The Bertz CT molecular complexity index is 589. The molecule has 5 nitrogen and oxygen atoms in total. The average Bonchev–Trinajstić information content (AvgIpc) is 2.48. The molecular formula is C14H20FNO4S. The van der Waals surface area contributed by atoms with Crippen molar-refractivity contribution in [2.45, 2.75) is 24.2 Å². The van der Waals surface area contributed by atoms with Crippen LogP contribution in [0.5, 0.6) is 5.75 Å². The van der Waals surface area contributed by atoms with Crippen molar-refractivity contribution in [3.63, 3.8) is 0 Å². The Hall–Kier alpha value is -1.18. The highest BCUT2D eigenvalue weighted by Crippen LogP contribution is 2.27. The summed E-state index contributed by atoms with van der Waals surface area (Å²) in [7, 11) is -2.37. The van der Waals surface area contributed by atoms with Gasteiger partial charge in [-0.05, 0) is 43.4 Å². The quantitative estimate of drug-likeness (QED) is 0.896. The number of nitrogens with zero attached hydrogens (tertiary/aromatic N) is 1. The molecule has 7 heteroatoms. The van der Waals surface area contributed by atoms with Gasteiger partial charge in [-0.3, -0.25) is 0 Å². The second-order valence-electron chi connectivity index (χ2n) is 5.18. The Morgan fingerprint density at radius 2 is 2.24 bits per heavy atom. The highest BCUT2D eigenvalue weighted by atomic mass is 32.2. The largest absolute Gasteiger partial charge is 0.494 e. The van der Waals surface area contributed by atoms with Gasteiger partial charge in [-0.2, -0.15) is 4.31 Å². The number of ether oxygens (including phenoxy) is 1. The summed E-state index contributed by atoms with van der Waals surface area (Å²) in [6, 6.07) is 3.66. The highest BCUT2D eigenvalue weighted by molar-refractivity contribution is 7.89. The zero-order valence-corrected chi connectivity index (χ0v) is 12.8. The first-order valence-electron chi connectivity index (χ1n) is 6.93. The van der Waals surface area contributed by atoms with Crippen LogP contribution in [-0.2, 0) is 10.0 Å². The second kappa shape index (κ2) is 6.72. The van der Waals surface area contributed by atoms with Gasteiger partial charge in [-0.25, -0.2) is 12.8 Å². The van der Waals surface area contributed by atoms with Gasteiger partial charge in [0.1, 0.15) is 0 Å². The minimum atomic E-state index is -3.70. The predicted octanol–water partition coefficient (Wildman–Crippen LogP) is 1.62. The first-order chi connectivity index (χ1) is 9.98. The Kier molecular flexibility index (Phi) is 5.18. The molecule has 1 aliphatic heterocycles. The van der Waals surface area contributed by atoms with Crippen LogP contribution in [0.4, 0.5) is 4.39 Å². The van der Waals surface area contributed by atoms with E-state index in [0.717, 1.165) is 18.9 Å².